The third-order valence-electron chi connectivity index (χ3n) is 7.30. The SMILES string of the molecule is CC1(C)OC[C@@H]2OCC=C[C@H]2O1.CC1(C)OC[C@@H]2OC[C@@H](O)[C@@H](O)[C@H]2O1.CC1(C)OC[C@H]2OC[C@@H](O)[C@@H](O)[C@@H]2O1.S. The van der Waals surface area contributed by atoms with Crippen LogP contribution in [0.5, 0.6) is 0 Å². The first-order valence-corrected chi connectivity index (χ1v) is 13.9. The highest BCUT2D eigenvalue weighted by molar-refractivity contribution is 7.59. The fourth-order valence-corrected chi connectivity index (χ4v) is 5.07. The molecule has 0 amide bonds. The van der Waals surface area contributed by atoms with Crippen LogP contribution in [0.4, 0.5) is 0 Å². The van der Waals surface area contributed by atoms with E-state index in [0.29, 0.717) is 26.4 Å². The fourth-order valence-electron chi connectivity index (χ4n) is 5.07. The normalized spacial score (nSPS) is 43.7. The minimum Gasteiger partial charge on any atom is -0.388 e. The van der Waals surface area contributed by atoms with Crippen LogP contribution in [-0.2, 0) is 42.6 Å². The van der Waals surface area contributed by atoms with Gasteiger partial charge in [-0.2, -0.15) is 13.5 Å². The molecule has 10 atom stereocenters. The number of hydrogen-bond donors (Lipinski definition) is 4. The van der Waals surface area contributed by atoms with E-state index in [9.17, 15) is 20.4 Å². The molecule has 0 saturated carbocycles. The van der Waals surface area contributed by atoms with E-state index in [4.69, 9.17) is 42.6 Å². The summed E-state index contributed by atoms with van der Waals surface area (Å²) in [5, 5.41) is 38.2. The van der Waals surface area contributed by atoms with Gasteiger partial charge in [-0.1, -0.05) is 12.2 Å². The summed E-state index contributed by atoms with van der Waals surface area (Å²) in [5.41, 5.74) is 0. The number of ether oxygens (including phenoxy) is 9. The van der Waals surface area contributed by atoms with Crippen molar-refractivity contribution in [2.24, 2.45) is 0 Å². The highest BCUT2D eigenvalue weighted by atomic mass is 32.1. The van der Waals surface area contributed by atoms with Crippen molar-refractivity contribution in [3.63, 3.8) is 0 Å². The molecule has 0 aromatic heterocycles. The van der Waals surface area contributed by atoms with Crippen molar-refractivity contribution in [3.8, 4) is 0 Å². The minimum atomic E-state index is -0.892. The van der Waals surface area contributed by atoms with Crippen LogP contribution in [0.2, 0.25) is 0 Å². The zero-order valence-electron chi connectivity index (χ0n) is 24.6. The van der Waals surface area contributed by atoms with Gasteiger partial charge in [0.2, 0.25) is 0 Å². The second-order valence-corrected chi connectivity index (χ2v) is 12.0. The Hall–Kier alpha value is -0.430. The molecule has 4 N–H and O–H groups in total. The summed E-state index contributed by atoms with van der Waals surface area (Å²) in [6.45, 7) is 13.3. The molecule has 0 aromatic rings. The minimum absolute atomic E-state index is 0. The van der Waals surface area contributed by atoms with Gasteiger partial charge in [0.05, 0.1) is 39.6 Å². The molecule has 6 heterocycles. The lowest BCUT2D eigenvalue weighted by atomic mass is 9.99. The molecule has 5 saturated heterocycles. The summed E-state index contributed by atoms with van der Waals surface area (Å²) in [5.74, 6) is -1.91. The van der Waals surface area contributed by atoms with E-state index in [2.05, 4.69) is 6.08 Å². The van der Waals surface area contributed by atoms with Crippen LogP contribution < -0.4 is 0 Å². The summed E-state index contributed by atoms with van der Waals surface area (Å²) in [6, 6.07) is 0. The topological polar surface area (TPSA) is 164 Å². The van der Waals surface area contributed by atoms with Crippen LogP contribution >= 0.6 is 13.5 Å². The Morgan fingerprint density at radius 3 is 1.44 bits per heavy atom. The van der Waals surface area contributed by atoms with Gasteiger partial charge in [-0.25, -0.2) is 0 Å². The van der Waals surface area contributed by atoms with Gasteiger partial charge >= 0.3 is 0 Å². The van der Waals surface area contributed by atoms with Crippen LogP contribution in [0.25, 0.3) is 0 Å². The average molecular weight is 613 g/mol. The number of aliphatic hydroxyl groups is 4. The first-order valence-electron chi connectivity index (χ1n) is 13.9. The van der Waals surface area contributed by atoms with Crippen LogP contribution in [0.1, 0.15) is 41.5 Å². The van der Waals surface area contributed by atoms with Gasteiger partial charge in [-0.15, -0.1) is 0 Å². The zero-order chi connectivity index (χ0) is 29.3. The summed E-state index contributed by atoms with van der Waals surface area (Å²) in [7, 11) is 0. The Bertz CT molecular complexity index is 805. The Morgan fingerprint density at radius 1 is 0.561 bits per heavy atom. The molecule has 5 fully saturated rings. The van der Waals surface area contributed by atoms with E-state index in [1.165, 1.54) is 0 Å². The summed E-state index contributed by atoms with van der Waals surface area (Å²) < 4.78 is 48.9. The first kappa shape index (κ1) is 35.1. The number of aliphatic hydroxyl groups excluding tert-OH is 4. The smallest absolute Gasteiger partial charge is 0.163 e. The van der Waals surface area contributed by atoms with E-state index in [1.807, 2.05) is 19.9 Å². The van der Waals surface area contributed by atoms with Crippen molar-refractivity contribution in [1.29, 1.82) is 0 Å². The molecule has 0 unspecified atom stereocenters. The predicted molar refractivity (Wildman–Crippen MR) is 147 cm³/mol. The maximum Gasteiger partial charge on any atom is 0.163 e. The molecule has 41 heavy (non-hydrogen) atoms. The van der Waals surface area contributed by atoms with Crippen molar-refractivity contribution in [2.45, 2.75) is 120 Å². The maximum atomic E-state index is 9.69. The molecule has 13 nitrogen and oxygen atoms in total. The van der Waals surface area contributed by atoms with Gasteiger partial charge in [0, 0.05) is 0 Å². The van der Waals surface area contributed by atoms with Crippen molar-refractivity contribution >= 4 is 13.5 Å². The predicted octanol–water partition coefficient (Wildman–Crippen LogP) is -0.277. The second kappa shape index (κ2) is 14.1. The monoisotopic (exact) mass is 612 g/mol. The van der Waals surface area contributed by atoms with Gasteiger partial charge in [-0.05, 0) is 41.5 Å². The molecule has 240 valence electrons. The van der Waals surface area contributed by atoms with E-state index in [1.54, 1.807) is 27.7 Å². The van der Waals surface area contributed by atoms with Crippen molar-refractivity contribution in [2.75, 3.05) is 39.6 Å². The van der Waals surface area contributed by atoms with Gasteiger partial charge < -0.3 is 63.1 Å². The Balaban J connectivity index is 0.000000168. The molecule has 6 aliphatic heterocycles. The third kappa shape index (κ3) is 9.28. The lowest BCUT2D eigenvalue weighted by Crippen LogP contribution is -2.61. The van der Waals surface area contributed by atoms with Gasteiger partial charge in [0.1, 0.15) is 61.0 Å². The standard InChI is InChI=1S/2C9H16O5.C9H14O3.H2S/c2*1-9(2)13-4-6-8(14-9)7(11)5(10)3-12-6;1-9(2)11-6-8-7(12-9)4-3-5-10-8;/h2*5-8,10-11H,3-4H2,1-2H3;3-4,7-8H,5-6H2,1-2H3;1H2/t5-,6+,7-,8+;5-,6-,7-,8-;7-,8+;/m111./s1. The van der Waals surface area contributed by atoms with Crippen LogP contribution in [-0.4, -0.2) is 138 Å². The van der Waals surface area contributed by atoms with E-state index < -0.39 is 54.0 Å². The average Bonchev–Trinajstić information content (AvgIpc) is 2.88. The molecule has 0 radical (unpaired) electrons. The van der Waals surface area contributed by atoms with E-state index in [0.717, 1.165) is 0 Å². The van der Waals surface area contributed by atoms with Gasteiger partial charge in [0.25, 0.3) is 0 Å². The molecule has 6 rings (SSSR count). The van der Waals surface area contributed by atoms with Crippen molar-refractivity contribution in [1.82, 2.24) is 0 Å². The zero-order valence-corrected chi connectivity index (χ0v) is 25.6. The molecule has 6 aliphatic rings. The second-order valence-electron chi connectivity index (χ2n) is 12.0. The Labute approximate surface area is 248 Å². The largest absolute Gasteiger partial charge is 0.388 e. The molecular formula is C27H48O13S. The third-order valence-corrected chi connectivity index (χ3v) is 7.30. The lowest BCUT2D eigenvalue weighted by molar-refractivity contribution is -0.346. The number of fused-ring (bicyclic) bond motifs is 3. The summed E-state index contributed by atoms with van der Waals surface area (Å²) in [4.78, 5) is 0. The van der Waals surface area contributed by atoms with Crippen molar-refractivity contribution < 1.29 is 63.1 Å². The summed E-state index contributed by atoms with van der Waals surface area (Å²) >= 11 is 0. The fraction of sp³-hybridized carbons (Fsp3) is 0.926. The quantitative estimate of drug-likeness (QED) is 0.265. The Kier molecular flexibility index (Phi) is 12.1. The van der Waals surface area contributed by atoms with Gasteiger partial charge in [0.15, 0.2) is 17.4 Å². The number of rotatable bonds is 0. The molecule has 0 bridgehead atoms. The van der Waals surface area contributed by atoms with Crippen molar-refractivity contribution in [3.05, 3.63) is 12.2 Å². The number of hydrogen-bond acceptors (Lipinski definition) is 13. The Morgan fingerprint density at radius 2 is 0.976 bits per heavy atom. The molecule has 0 aromatic carbocycles. The van der Waals surface area contributed by atoms with E-state index >= 15 is 0 Å². The highest BCUT2D eigenvalue weighted by Crippen LogP contribution is 2.31. The van der Waals surface area contributed by atoms with E-state index in [-0.39, 0.29) is 51.1 Å². The molecule has 0 aliphatic carbocycles. The maximum absolute atomic E-state index is 9.69. The highest BCUT2D eigenvalue weighted by Gasteiger charge is 2.47. The molecule has 14 heteroatoms. The molecular weight excluding hydrogens is 564 g/mol. The summed E-state index contributed by atoms with van der Waals surface area (Å²) in [6.07, 6.45) is -0.872. The molecule has 0 spiro atoms. The van der Waals surface area contributed by atoms with Crippen LogP contribution in [0.15, 0.2) is 12.2 Å². The lowest BCUT2D eigenvalue weighted by Gasteiger charge is -2.46. The van der Waals surface area contributed by atoms with Gasteiger partial charge in [-0.3, -0.25) is 0 Å². The van der Waals surface area contributed by atoms with Crippen LogP contribution in [0, 0.1) is 0 Å². The van der Waals surface area contributed by atoms with Crippen LogP contribution in [0.3, 0.4) is 0 Å². The first-order chi connectivity index (χ1) is 18.7.